The molecular formula is C19H31N3O2. The van der Waals surface area contributed by atoms with Gasteiger partial charge in [0.1, 0.15) is 0 Å². The second-order valence-corrected chi connectivity index (χ2v) is 8.31. The van der Waals surface area contributed by atoms with Crippen LogP contribution in [-0.4, -0.2) is 40.3 Å². The van der Waals surface area contributed by atoms with Crippen LogP contribution in [0.1, 0.15) is 58.6 Å². The van der Waals surface area contributed by atoms with Gasteiger partial charge in [-0.3, -0.25) is 9.48 Å². The largest absolute Gasteiger partial charge is 0.373 e. The summed E-state index contributed by atoms with van der Waals surface area (Å²) in [4.78, 5) is 15.2. The van der Waals surface area contributed by atoms with E-state index in [1.807, 2.05) is 17.1 Å². The van der Waals surface area contributed by atoms with Gasteiger partial charge in [0.2, 0.25) is 5.91 Å². The van der Waals surface area contributed by atoms with E-state index in [9.17, 15) is 4.79 Å². The first-order chi connectivity index (χ1) is 11.4. The van der Waals surface area contributed by atoms with Crippen LogP contribution in [0.5, 0.6) is 0 Å². The molecule has 134 valence electrons. The molecule has 0 aliphatic carbocycles. The van der Waals surface area contributed by atoms with Crippen molar-refractivity contribution in [3.8, 4) is 0 Å². The van der Waals surface area contributed by atoms with Gasteiger partial charge in [0.25, 0.3) is 0 Å². The number of carbonyl (C=O) groups is 1. The maximum absolute atomic E-state index is 13.2. The Labute approximate surface area is 145 Å². The second kappa shape index (κ2) is 6.87. The highest BCUT2D eigenvalue weighted by Gasteiger charge is 2.40. The highest BCUT2D eigenvalue weighted by atomic mass is 16.5. The van der Waals surface area contributed by atoms with E-state index in [0.29, 0.717) is 12.5 Å². The fraction of sp³-hybridized carbons (Fsp3) is 0.789. The number of piperidine rings is 1. The Morgan fingerprint density at radius 2 is 2.17 bits per heavy atom. The Morgan fingerprint density at radius 1 is 1.38 bits per heavy atom. The Balaban J connectivity index is 1.71. The summed E-state index contributed by atoms with van der Waals surface area (Å²) < 4.78 is 7.81. The fourth-order valence-electron chi connectivity index (χ4n) is 3.99. The molecule has 1 aromatic heterocycles. The number of nitrogens with zero attached hydrogens (tertiary/aromatic N) is 3. The van der Waals surface area contributed by atoms with E-state index in [1.165, 1.54) is 6.42 Å². The summed E-state index contributed by atoms with van der Waals surface area (Å²) in [5.41, 5.74) is 1.30. The molecule has 3 heterocycles. The molecule has 5 nitrogen and oxygen atoms in total. The Hall–Kier alpha value is -1.36. The van der Waals surface area contributed by atoms with Crippen molar-refractivity contribution in [1.82, 2.24) is 14.7 Å². The van der Waals surface area contributed by atoms with E-state index in [4.69, 9.17) is 4.74 Å². The van der Waals surface area contributed by atoms with Crippen LogP contribution in [0.25, 0.3) is 0 Å². The number of amides is 1. The van der Waals surface area contributed by atoms with Crippen molar-refractivity contribution in [2.45, 2.75) is 59.6 Å². The van der Waals surface area contributed by atoms with Crippen LogP contribution in [0.3, 0.4) is 0 Å². The van der Waals surface area contributed by atoms with Gasteiger partial charge in [-0.1, -0.05) is 20.8 Å². The van der Waals surface area contributed by atoms with Crippen LogP contribution in [0, 0.1) is 17.3 Å². The molecule has 0 aromatic carbocycles. The zero-order chi connectivity index (χ0) is 17.3. The van der Waals surface area contributed by atoms with Crippen LogP contribution in [0.2, 0.25) is 0 Å². The van der Waals surface area contributed by atoms with Gasteiger partial charge in [0.05, 0.1) is 18.2 Å². The molecule has 5 heteroatoms. The van der Waals surface area contributed by atoms with E-state index in [2.05, 4.69) is 37.7 Å². The second-order valence-electron chi connectivity index (χ2n) is 8.31. The molecule has 0 saturated carbocycles. The number of rotatable bonds is 3. The first kappa shape index (κ1) is 17.5. The molecule has 24 heavy (non-hydrogen) atoms. The maximum atomic E-state index is 13.2. The molecule has 1 aromatic rings. The standard InChI is InChI=1S/C19H31N3O2/c1-5-22-12-14(11-20-22)17-16(8-10-24-17)18(23)21-9-6-7-15(13-21)19(2,3)4/h11-12,15-17H,5-10,13H2,1-4H3/t15-,16+,17-/m1/s1. The number of hydrogen-bond acceptors (Lipinski definition) is 3. The lowest BCUT2D eigenvalue weighted by atomic mass is 9.76. The summed E-state index contributed by atoms with van der Waals surface area (Å²) in [6.07, 6.45) is 6.89. The molecule has 2 aliphatic rings. The minimum atomic E-state index is -0.132. The summed E-state index contributed by atoms with van der Waals surface area (Å²) in [6.45, 7) is 12.2. The van der Waals surface area contributed by atoms with Crippen molar-refractivity contribution in [1.29, 1.82) is 0 Å². The fourth-order valence-corrected chi connectivity index (χ4v) is 3.99. The van der Waals surface area contributed by atoms with Crippen molar-refractivity contribution in [3.63, 3.8) is 0 Å². The third-order valence-electron chi connectivity index (χ3n) is 5.67. The molecule has 2 saturated heterocycles. The lowest BCUT2D eigenvalue weighted by molar-refractivity contribution is -0.140. The summed E-state index contributed by atoms with van der Waals surface area (Å²) in [5.74, 6) is 0.799. The van der Waals surface area contributed by atoms with Crippen LogP contribution in [-0.2, 0) is 16.1 Å². The van der Waals surface area contributed by atoms with Crippen molar-refractivity contribution < 1.29 is 9.53 Å². The van der Waals surface area contributed by atoms with Crippen LogP contribution in [0.15, 0.2) is 12.4 Å². The average Bonchev–Trinajstić information content (AvgIpc) is 3.22. The SMILES string of the molecule is CCn1cc([C@H]2OCC[C@@H]2C(=O)N2CCC[C@@H](C(C)(C)C)C2)cn1. The predicted molar refractivity (Wildman–Crippen MR) is 93.5 cm³/mol. The summed E-state index contributed by atoms with van der Waals surface area (Å²) in [6, 6.07) is 0. The first-order valence-electron chi connectivity index (χ1n) is 9.33. The third kappa shape index (κ3) is 3.51. The molecule has 0 radical (unpaired) electrons. The van der Waals surface area contributed by atoms with Gasteiger partial charge in [0, 0.05) is 38.0 Å². The molecule has 2 aliphatic heterocycles. The number of ether oxygens (including phenoxy) is 1. The van der Waals surface area contributed by atoms with E-state index in [0.717, 1.165) is 38.0 Å². The van der Waals surface area contributed by atoms with Gasteiger partial charge >= 0.3 is 0 Å². The van der Waals surface area contributed by atoms with Crippen molar-refractivity contribution >= 4 is 5.91 Å². The Morgan fingerprint density at radius 3 is 2.83 bits per heavy atom. The molecule has 3 atom stereocenters. The lowest BCUT2D eigenvalue weighted by Crippen LogP contribution is -2.46. The highest BCUT2D eigenvalue weighted by Crippen LogP contribution is 2.38. The molecule has 0 spiro atoms. The van der Waals surface area contributed by atoms with E-state index < -0.39 is 0 Å². The number of carbonyl (C=O) groups excluding carboxylic acids is 1. The molecule has 0 unspecified atom stereocenters. The smallest absolute Gasteiger partial charge is 0.228 e. The molecule has 2 fully saturated rings. The normalized spacial score (nSPS) is 28.3. The van der Waals surface area contributed by atoms with E-state index >= 15 is 0 Å². The molecule has 0 N–H and O–H groups in total. The topological polar surface area (TPSA) is 47.4 Å². The van der Waals surface area contributed by atoms with Gasteiger partial charge in [-0.15, -0.1) is 0 Å². The number of likely N-dealkylation sites (tertiary alicyclic amines) is 1. The van der Waals surface area contributed by atoms with Crippen LogP contribution in [0.4, 0.5) is 0 Å². The zero-order valence-electron chi connectivity index (χ0n) is 15.5. The third-order valence-corrected chi connectivity index (χ3v) is 5.67. The number of aromatic nitrogens is 2. The van der Waals surface area contributed by atoms with E-state index in [-0.39, 0.29) is 23.3 Å². The zero-order valence-corrected chi connectivity index (χ0v) is 15.5. The lowest BCUT2D eigenvalue weighted by Gasteiger charge is -2.40. The summed E-state index contributed by atoms with van der Waals surface area (Å²) in [7, 11) is 0. The molecule has 0 bridgehead atoms. The predicted octanol–water partition coefficient (Wildman–Crippen LogP) is 3.27. The molecular weight excluding hydrogens is 302 g/mol. The van der Waals surface area contributed by atoms with Crippen molar-refractivity contribution in [2.24, 2.45) is 17.3 Å². The van der Waals surface area contributed by atoms with Gasteiger partial charge < -0.3 is 9.64 Å². The van der Waals surface area contributed by atoms with Gasteiger partial charge in [-0.05, 0) is 37.5 Å². The maximum Gasteiger partial charge on any atom is 0.228 e. The molecule has 1 amide bonds. The van der Waals surface area contributed by atoms with Gasteiger partial charge in [-0.25, -0.2) is 0 Å². The Kier molecular flexibility index (Phi) is 5.00. The summed E-state index contributed by atoms with van der Waals surface area (Å²) in [5, 5.41) is 4.34. The minimum Gasteiger partial charge on any atom is -0.373 e. The van der Waals surface area contributed by atoms with Crippen molar-refractivity contribution in [2.75, 3.05) is 19.7 Å². The number of hydrogen-bond donors (Lipinski definition) is 0. The Bertz CT molecular complexity index is 575. The minimum absolute atomic E-state index is 0.0572. The molecule has 3 rings (SSSR count). The van der Waals surface area contributed by atoms with Crippen LogP contribution >= 0.6 is 0 Å². The number of aryl methyl sites for hydroxylation is 1. The van der Waals surface area contributed by atoms with E-state index in [1.54, 1.807) is 0 Å². The average molecular weight is 333 g/mol. The monoisotopic (exact) mass is 333 g/mol. The van der Waals surface area contributed by atoms with Gasteiger partial charge in [-0.2, -0.15) is 5.10 Å². The quantitative estimate of drug-likeness (QED) is 0.853. The van der Waals surface area contributed by atoms with Crippen molar-refractivity contribution in [3.05, 3.63) is 18.0 Å². The van der Waals surface area contributed by atoms with Gasteiger partial charge in [0.15, 0.2) is 0 Å². The highest BCUT2D eigenvalue weighted by molar-refractivity contribution is 5.80. The first-order valence-corrected chi connectivity index (χ1v) is 9.33. The summed E-state index contributed by atoms with van der Waals surface area (Å²) >= 11 is 0. The van der Waals surface area contributed by atoms with Crippen LogP contribution < -0.4 is 0 Å².